The molecule has 0 aliphatic heterocycles. The molecule has 3 aromatic rings. The van der Waals surface area contributed by atoms with Crippen LogP contribution in [0.4, 0.5) is 0 Å². The van der Waals surface area contributed by atoms with Gasteiger partial charge in [0.1, 0.15) is 0 Å². The zero-order valence-corrected chi connectivity index (χ0v) is 15.8. The highest BCUT2D eigenvalue weighted by Gasteiger charge is 2.24. The maximum absolute atomic E-state index is 13.0. The number of fused-ring (bicyclic) bond motifs is 1. The number of rotatable bonds is 6. The third-order valence-electron chi connectivity index (χ3n) is 4.15. The van der Waals surface area contributed by atoms with Crippen LogP contribution in [0.25, 0.3) is 10.2 Å². The summed E-state index contributed by atoms with van der Waals surface area (Å²) in [4.78, 5) is 12.1. The molecule has 0 radical (unpaired) electrons. The highest BCUT2D eigenvalue weighted by atomic mass is 32.2. The molecule has 0 saturated carbocycles. The topological polar surface area (TPSA) is 59.4 Å². The Labute approximate surface area is 151 Å². The van der Waals surface area contributed by atoms with Crippen LogP contribution in [0.15, 0.2) is 58.2 Å². The normalized spacial score (nSPS) is 12.1. The molecule has 25 heavy (non-hydrogen) atoms. The van der Waals surface area contributed by atoms with E-state index in [4.69, 9.17) is 0 Å². The number of aromatic nitrogens is 1. The maximum Gasteiger partial charge on any atom is 0.308 e. The van der Waals surface area contributed by atoms with Crippen LogP contribution in [-0.2, 0) is 23.1 Å². The summed E-state index contributed by atoms with van der Waals surface area (Å²) in [6, 6.07) is 14.4. The Hall–Kier alpha value is -1.96. The van der Waals surface area contributed by atoms with Gasteiger partial charge >= 0.3 is 4.87 Å². The molecule has 0 N–H and O–H groups in total. The Kier molecular flexibility index (Phi) is 5.08. The van der Waals surface area contributed by atoms with Gasteiger partial charge in [-0.3, -0.25) is 9.36 Å². The average Bonchev–Trinajstić information content (AvgIpc) is 2.94. The number of sulfonamides is 1. The largest absolute Gasteiger partial charge is 0.308 e. The van der Waals surface area contributed by atoms with Gasteiger partial charge in [0.2, 0.25) is 10.0 Å². The number of nitrogens with zero attached hydrogens (tertiary/aromatic N) is 2. The van der Waals surface area contributed by atoms with E-state index in [1.54, 1.807) is 22.8 Å². The molecule has 3 rings (SSSR count). The predicted molar refractivity (Wildman–Crippen MR) is 101 cm³/mol. The van der Waals surface area contributed by atoms with Gasteiger partial charge in [0, 0.05) is 19.6 Å². The molecule has 0 aliphatic carbocycles. The second-order valence-corrected chi connectivity index (χ2v) is 8.59. The van der Waals surface area contributed by atoms with Gasteiger partial charge in [0.25, 0.3) is 0 Å². The van der Waals surface area contributed by atoms with Gasteiger partial charge in [-0.15, -0.1) is 0 Å². The zero-order chi connectivity index (χ0) is 18.0. The first-order valence-electron chi connectivity index (χ1n) is 8.14. The van der Waals surface area contributed by atoms with Crippen LogP contribution in [0.3, 0.4) is 0 Å². The first-order chi connectivity index (χ1) is 12.0. The number of benzene rings is 2. The molecule has 0 atom stereocenters. The maximum atomic E-state index is 13.0. The van der Waals surface area contributed by atoms with Crippen LogP contribution >= 0.6 is 11.3 Å². The van der Waals surface area contributed by atoms with Crippen LogP contribution in [0, 0.1) is 0 Å². The van der Waals surface area contributed by atoms with Crippen molar-refractivity contribution in [1.29, 1.82) is 0 Å². The van der Waals surface area contributed by atoms with Gasteiger partial charge < -0.3 is 0 Å². The SMILES string of the molecule is CCN(Cc1ccccc1)S(=O)(=O)c1ccc2c(c1)sc(=O)n2CC. The molecule has 0 amide bonds. The molecule has 5 nitrogen and oxygen atoms in total. The molecule has 0 aliphatic rings. The van der Waals surface area contributed by atoms with Crippen LogP contribution in [0.2, 0.25) is 0 Å². The lowest BCUT2D eigenvalue weighted by atomic mass is 10.2. The fourth-order valence-corrected chi connectivity index (χ4v) is 5.34. The highest BCUT2D eigenvalue weighted by molar-refractivity contribution is 7.89. The van der Waals surface area contributed by atoms with E-state index in [0.29, 0.717) is 24.3 Å². The van der Waals surface area contributed by atoms with Gasteiger partial charge in [0.15, 0.2) is 0 Å². The smallest absolute Gasteiger partial charge is 0.299 e. The Bertz CT molecular complexity index is 1040. The first-order valence-corrected chi connectivity index (χ1v) is 10.4. The lowest BCUT2D eigenvalue weighted by molar-refractivity contribution is 0.423. The lowest BCUT2D eigenvalue weighted by Gasteiger charge is -2.20. The van der Waals surface area contributed by atoms with Crippen molar-refractivity contribution in [2.24, 2.45) is 0 Å². The van der Waals surface area contributed by atoms with E-state index in [1.165, 1.54) is 4.31 Å². The van der Waals surface area contributed by atoms with E-state index in [2.05, 4.69) is 0 Å². The van der Waals surface area contributed by atoms with E-state index in [0.717, 1.165) is 22.4 Å². The van der Waals surface area contributed by atoms with Gasteiger partial charge in [-0.05, 0) is 30.7 Å². The van der Waals surface area contributed by atoms with Gasteiger partial charge in [-0.2, -0.15) is 4.31 Å². The summed E-state index contributed by atoms with van der Waals surface area (Å²) < 4.78 is 29.8. The standard InChI is InChI=1S/C18H20N2O3S2/c1-3-19(13-14-8-6-5-7-9-14)25(22,23)15-10-11-16-17(12-15)24-18(21)20(16)4-2/h5-12H,3-4,13H2,1-2H3. The number of thiazole rings is 1. The van der Waals surface area contributed by atoms with Gasteiger partial charge in [0.05, 0.1) is 15.1 Å². The summed E-state index contributed by atoms with van der Waals surface area (Å²) in [6.45, 7) is 4.99. The summed E-state index contributed by atoms with van der Waals surface area (Å²) >= 11 is 1.08. The summed E-state index contributed by atoms with van der Waals surface area (Å²) in [7, 11) is -3.62. The molecule has 0 saturated heterocycles. The van der Waals surface area contributed by atoms with Crippen LogP contribution < -0.4 is 4.87 Å². The van der Waals surface area contributed by atoms with Crippen molar-refractivity contribution in [3.05, 3.63) is 63.8 Å². The van der Waals surface area contributed by atoms with E-state index in [9.17, 15) is 13.2 Å². The van der Waals surface area contributed by atoms with Crippen molar-refractivity contribution in [3.8, 4) is 0 Å². The Balaban J connectivity index is 2.00. The van der Waals surface area contributed by atoms with Crippen molar-refractivity contribution in [2.45, 2.75) is 31.8 Å². The molecule has 0 unspecified atom stereocenters. The fourth-order valence-electron chi connectivity index (χ4n) is 2.81. The van der Waals surface area contributed by atoms with Gasteiger partial charge in [-0.1, -0.05) is 48.6 Å². The van der Waals surface area contributed by atoms with Crippen LogP contribution in [0.1, 0.15) is 19.4 Å². The minimum absolute atomic E-state index is 0.0660. The van der Waals surface area contributed by atoms with Crippen molar-refractivity contribution in [2.75, 3.05) is 6.54 Å². The van der Waals surface area contributed by atoms with Crippen molar-refractivity contribution >= 4 is 31.6 Å². The second kappa shape index (κ2) is 7.11. The molecule has 0 spiro atoms. The summed E-state index contributed by atoms with van der Waals surface area (Å²) in [5.74, 6) is 0. The summed E-state index contributed by atoms with van der Waals surface area (Å²) in [5, 5.41) is 0. The molecule has 132 valence electrons. The molecule has 0 bridgehead atoms. The lowest BCUT2D eigenvalue weighted by Crippen LogP contribution is -2.30. The van der Waals surface area contributed by atoms with Crippen molar-refractivity contribution in [1.82, 2.24) is 8.87 Å². The third kappa shape index (κ3) is 3.40. The Morgan fingerprint density at radius 2 is 1.80 bits per heavy atom. The predicted octanol–water partition coefficient (Wildman–Crippen LogP) is 3.29. The molecular formula is C18H20N2O3S2. The quantitative estimate of drug-likeness (QED) is 0.663. The average molecular weight is 377 g/mol. The van der Waals surface area contributed by atoms with Crippen molar-refractivity contribution in [3.63, 3.8) is 0 Å². The number of hydrogen-bond donors (Lipinski definition) is 0. The molecule has 7 heteroatoms. The molecular weight excluding hydrogens is 356 g/mol. The second-order valence-electron chi connectivity index (χ2n) is 5.66. The van der Waals surface area contributed by atoms with Gasteiger partial charge in [-0.25, -0.2) is 8.42 Å². The van der Waals surface area contributed by atoms with Crippen molar-refractivity contribution < 1.29 is 8.42 Å². The number of hydrogen-bond acceptors (Lipinski definition) is 4. The summed E-state index contributed by atoms with van der Waals surface area (Å²) in [5.41, 5.74) is 1.72. The third-order valence-corrected chi connectivity index (χ3v) is 7.01. The Morgan fingerprint density at radius 1 is 1.08 bits per heavy atom. The molecule has 1 aromatic heterocycles. The minimum atomic E-state index is -3.62. The minimum Gasteiger partial charge on any atom is -0.299 e. The Morgan fingerprint density at radius 3 is 2.44 bits per heavy atom. The zero-order valence-electron chi connectivity index (χ0n) is 14.2. The van der Waals surface area contributed by atoms with Crippen LogP contribution in [0.5, 0.6) is 0 Å². The van der Waals surface area contributed by atoms with E-state index in [1.807, 2.05) is 44.2 Å². The van der Waals surface area contributed by atoms with E-state index >= 15 is 0 Å². The monoisotopic (exact) mass is 376 g/mol. The highest BCUT2D eigenvalue weighted by Crippen LogP contribution is 2.25. The van der Waals surface area contributed by atoms with E-state index in [-0.39, 0.29) is 9.77 Å². The van der Waals surface area contributed by atoms with E-state index < -0.39 is 10.0 Å². The molecule has 0 fully saturated rings. The fraction of sp³-hybridized carbons (Fsp3) is 0.278. The molecule has 1 heterocycles. The molecule has 2 aromatic carbocycles. The first kappa shape index (κ1) is 17.8. The number of aryl methyl sites for hydroxylation is 1. The van der Waals surface area contributed by atoms with Crippen LogP contribution in [-0.4, -0.2) is 23.8 Å². The summed E-state index contributed by atoms with van der Waals surface area (Å²) in [6.07, 6.45) is 0.